The van der Waals surface area contributed by atoms with Gasteiger partial charge in [0.15, 0.2) is 11.8 Å². The summed E-state index contributed by atoms with van der Waals surface area (Å²) >= 11 is 0. The molecule has 0 aliphatic carbocycles. The Morgan fingerprint density at radius 3 is 2.60 bits per heavy atom. The summed E-state index contributed by atoms with van der Waals surface area (Å²) in [6, 6.07) is 13.7. The highest BCUT2D eigenvalue weighted by atomic mass is 16.5. The number of aromatic nitrogens is 1. The lowest BCUT2D eigenvalue weighted by Crippen LogP contribution is -2.36. The molecule has 1 unspecified atom stereocenters. The van der Waals surface area contributed by atoms with Gasteiger partial charge in [0.2, 0.25) is 5.89 Å². The van der Waals surface area contributed by atoms with Crippen molar-refractivity contribution in [2.45, 2.75) is 13.0 Å². The van der Waals surface area contributed by atoms with Crippen molar-refractivity contribution in [3.63, 3.8) is 0 Å². The fourth-order valence-electron chi connectivity index (χ4n) is 3.35. The van der Waals surface area contributed by atoms with Crippen molar-refractivity contribution in [1.82, 2.24) is 4.98 Å². The summed E-state index contributed by atoms with van der Waals surface area (Å²) in [6.45, 7) is 4.71. The van der Waals surface area contributed by atoms with E-state index in [4.69, 9.17) is 9.15 Å². The Kier molecular flexibility index (Phi) is 5.69. The third kappa shape index (κ3) is 4.29. The summed E-state index contributed by atoms with van der Waals surface area (Å²) in [5, 5.41) is 22.9. The Morgan fingerprint density at radius 2 is 1.90 bits per heavy atom. The molecule has 3 N–H and O–H groups in total. The number of carbonyl (C=O) groups is 1. The molecule has 4 rings (SSSR count). The number of aryl methyl sites for hydroxylation is 1. The molecule has 0 radical (unpaired) electrons. The molecule has 0 saturated carbocycles. The van der Waals surface area contributed by atoms with Crippen molar-refractivity contribution >= 4 is 17.3 Å². The van der Waals surface area contributed by atoms with Gasteiger partial charge in [-0.1, -0.05) is 12.1 Å². The number of phenols is 1. The number of benzene rings is 2. The first-order valence-electron chi connectivity index (χ1n) is 9.69. The predicted molar refractivity (Wildman–Crippen MR) is 111 cm³/mol. The number of morpholine rings is 1. The van der Waals surface area contributed by atoms with E-state index in [1.165, 1.54) is 12.1 Å². The summed E-state index contributed by atoms with van der Waals surface area (Å²) in [6.07, 6.45) is -1.19. The van der Waals surface area contributed by atoms with Gasteiger partial charge < -0.3 is 29.6 Å². The lowest BCUT2D eigenvalue weighted by atomic mass is 10.1. The number of ether oxygens (including phenoxy) is 1. The second-order valence-corrected chi connectivity index (χ2v) is 7.05. The SMILES string of the molecule is Cc1oc(C(O)c2cccc(O)c2)nc1C(=O)Nc1ccc(N2CCOCC2)cc1. The van der Waals surface area contributed by atoms with Gasteiger partial charge in [-0.2, -0.15) is 0 Å². The fourth-order valence-corrected chi connectivity index (χ4v) is 3.35. The molecule has 8 nitrogen and oxygen atoms in total. The number of aromatic hydroxyl groups is 1. The Hall–Kier alpha value is -3.36. The Balaban J connectivity index is 1.46. The van der Waals surface area contributed by atoms with E-state index in [-0.39, 0.29) is 17.3 Å². The molecule has 1 fully saturated rings. The predicted octanol–water partition coefficient (Wildman–Crippen LogP) is 2.86. The topological polar surface area (TPSA) is 108 Å². The zero-order valence-electron chi connectivity index (χ0n) is 16.5. The van der Waals surface area contributed by atoms with Crippen LogP contribution in [-0.2, 0) is 4.74 Å². The number of hydrogen-bond donors (Lipinski definition) is 3. The zero-order valence-corrected chi connectivity index (χ0v) is 16.5. The Bertz CT molecular complexity index is 1030. The monoisotopic (exact) mass is 409 g/mol. The van der Waals surface area contributed by atoms with E-state index in [1.54, 1.807) is 19.1 Å². The Labute approximate surface area is 173 Å². The average molecular weight is 409 g/mol. The van der Waals surface area contributed by atoms with Crippen LogP contribution in [0.4, 0.5) is 11.4 Å². The van der Waals surface area contributed by atoms with Crippen molar-refractivity contribution in [1.29, 1.82) is 0 Å². The standard InChI is InChI=1S/C22H23N3O5/c1-14-19(24-22(30-14)20(27)15-3-2-4-18(26)13-15)21(28)23-16-5-7-17(8-6-16)25-9-11-29-12-10-25/h2-8,13,20,26-27H,9-12H2,1H3,(H,23,28). The van der Waals surface area contributed by atoms with Crippen LogP contribution < -0.4 is 10.2 Å². The highest BCUT2D eigenvalue weighted by Crippen LogP contribution is 2.26. The molecule has 3 aromatic rings. The number of nitrogens with zero attached hydrogens (tertiary/aromatic N) is 2. The second-order valence-electron chi connectivity index (χ2n) is 7.05. The molecule has 1 saturated heterocycles. The van der Waals surface area contributed by atoms with Crippen molar-refractivity contribution in [2.24, 2.45) is 0 Å². The first-order valence-corrected chi connectivity index (χ1v) is 9.69. The molecule has 2 aromatic carbocycles. The molecule has 1 atom stereocenters. The maximum absolute atomic E-state index is 12.7. The third-order valence-electron chi connectivity index (χ3n) is 4.95. The molecule has 0 bridgehead atoms. The van der Waals surface area contributed by atoms with E-state index in [2.05, 4.69) is 15.2 Å². The van der Waals surface area contributed by atoms with E-state index >= 15 is 0 Å². The van der Waals surface area contributed by atoms with Crippen LogP contribution in [0.25, 0.3) is 0 Å². The molecule has 8 heteroatoms. The molecule has 0 spiro atoms. The lowest BCUT2D eigenvalue weighted by Gasteiger charge is -2.28. The molecule has 1 aromatic heterocycles. The average Bonchev–Trinajstić information content (AvgIpc) is 3.16. The largest absolute Gasteiger partial charge is 0.508 e. The fraction of sp³-hybridized carbons (Fsp3) is 0.273. The van der Waals surface area contributed by atoms with Gasteiger partial charge in [0.1, 0.15) is 11.5 Å². The number of carbonyl (C=O) groups excluding carboxylic acids is 1. The molecule has 1 amide bonds. The van der Waals surface area contributed by atoms with Gasteiger partial charge in [-0.25, -0.2) is 4.98 Å². The summed E-state index contributed by atoms with van der Waals surface area (Å²) in [5.41, 5.74) is 2.23. The summed E-state index contributed by atoms with van der Waals surface area (Å²) in [4.78, 5) is 19.1. The van der Waals surface area contributed by atoms with E-state index in [0.717, 1.165) is 18.8 Å². The van der Waals surface area contributed by atoms with Gasteiger partial charge in [0.05, 0.1) is 13.2 Å². The quantitative estimate of drug-likeness (QED) is 0.595. The maximum atomic E-state index is 12.7. The van der Waals surface area contributed by atoms with Crippen LogP contribution in [0.2, 0.25) is 0 Å². The molecule has 30 heavy (non-hydrogen) atoms. The summed E-state index contributed by atoms with van der Waals surface area (Å²) in [7, 11) is 0. The van der Waals surface area contributed by atoms with Crippen molar-refractivity contribution in [3.05, 3.63) is 71.4 Å². The molecule has 156 valence electrons. The number of amides is 1. The summed E-state index contributed by atoms with van der Waals surface area (Å²) < 4.78 is 10.9. The number of hydrogen-bond acceptors (Lipinski definition) is 7. The van der Waals surface area contributed by atoms with Gasteiger partial charge in [0.25, 0.3) is 5.91 Å². The number of phenolic OH excluding ortho intramolecular Hbond substituents is 1. The van der Waals surface area contributed by atoms with Crippen LogP contribution in [0.3, 0.4) is 0 Å². The van der Waals surface area contributed by atoms with E-state index in [9.17, 15) is 15.0 Å². The number of oxazole rings is 1. The molecule has 2 heterocycles. The van der Waals surface area contributed by atoms with Gasteiger partial charge >= 0.3 is 0 Å². The van der Waals surface area contributed by atoms with Crippen molar-refractivity contribution < 1.29 is 24.2 Å². The molecule has 1 aliphatic rings. The van der Waals surface area contributed by atoms with Crippen LogP contribution in [0, 0.1) is 6.92 Å². The van der Waals surface area contributed by atoms with E-state index in [0.29, 0.717) is 30.2 Å². The van der Waals surface area contributed by atoms with Gasteiger partial charge in [-0.3, -0.25) is 4.79 Å². The van der Waals surface area contributed by atoms with Crippen LogP contribution >= 0.6 is 0 Å². The smallest absolute Gasteiger partial charge is 0.277 e. The number of anilines is 2. The van der Waals surface area contributed by atoms with Crippen molar-refractivity contribution in [3.8, 4) is 5.75 Å². The maximum Gasteiger partial charge on any atom is 0.277 e. The number of aliphatic hydroxyl groups excluding tert-OH is 1. The van der Waals surface area contributed by atoms with Crippen LogP contribution in [0.15, 0.2) is 52.9 Å². The minimum absolute atomic E-state index is 0.00841. The highest BCUT2D eigenvalue weighted by Gasteiger charge is 2.23. The van der Waals surface area contributed by atoms with Gasteiger partial charge in [0, 0.05) is 24.5 Å². The van der Waals surface area contributed by atoms with E-state index in [1.807, 2.05) is 24.3 Å². The number of aliphatic hydroxyl groups is 1. The minimum atomic E-state index is -1.19. The van der Waals surface area contributed by atoms with Crippen molar-refractivity contribution in [2.75, 3.05) is 36.5 Å². The first kappa shape index (κ1) is 19.9. The third-order valence-corrected chi connectivity index (χ3v) is 4.95. The molecular formula is C22H23N3O5. The second kappa shape index (κ2) is 8.56. The molecular weight excluding hydrogens is 386 g/mol. The highest BCUT2D eigenvalue weighted by molar-refractivity contribution is 6.03. The zero-order chi connectivity index (χ0) is 21.1. The molecule has 1 aliphatic heterocycles. The van der Waals surface area contributed by atoms with E-state index < -0.39 is 12.0 Å². The normalized spacial score (nSPS) is 15.1. The minimum Gasteiger partial charge on any atom is -0.508 e. The van der Waals surface area contributed by atoms with Crippen LogP contribution in [-0.4, -0.2) is 47.4 Å². The number of nitrogens with one attached hydrogen (secondary N) is 1. The van der Waals surface area contributed by atoms with Crippen LogP contribution in [0.1, 0.15) is 33.8 Å². The van der Waals surface area contributed by atoms with Crippen LogP contribution in [0.5, 0.6) is 5.75 Å². The van der Waals surface area contributed by atoms with Gasteiger partial charge in [-0.15, -0.1) is 0 Å². The number of rotatable bonds is 5. The summed E-state index contributed by atoms with van der Waals surface area (Å²) in [5.74, 6) is -0.115. The Morgan fingerprint density at radius 1 is 1.17 bits per heavy atom. The first-order chi connectivity index (χ1) is 14.5. The lowest BCUT2D eigenvalue weighted by molar-refractivity contribution is 0.102. The van der Waals surface area contributed by atoms with Gasteiger partial charge in [-0.05, 0) is 48.9 Å².